The van der Waals surface area contributed by atoms with Gasteiger partial charge in [-0.1, -0.05) is 0 Å². The van der Waals surface area contributed by atoms with Crippen LogP contribution in [0.15, 0.2) is 46.1 Å². The Hall–Kier alpha value is -1.86. The second kappa shape index (κ2) is 6.28. The van der Waals surface area contributed by atoms with Gasteiger partial charge in [-0.05, 0) is 43.2 Å². The summed E-state index contributed by atoms with van der Waals surface area (Å²) in [5, 5.41) is 0. The lowest BCUT2D eigenvalue weighted by molar-refractivity contribution is 0.400. The Balaban J connectivity index is 2.20. The van der Waals surface area contributed by atoms with E-state index in [1.54, 1.807) is 19.3 Å². The molecule has 7 heteroatoms. The van der Waals surface area contributed by atoms with Gasteiger partial charge in [-0.3, -0.25) is 0 Å². The normalized spacial score (nSPS) is 13.1. The minimum atomic E-state index is -3.87. The molecule has 0 aliphatic rings. The van der Waals surface area contributed by atoms with Crippen molar-refractivity contribution in [2.45, 2.75) is 24.3 Å². The Bertz CT molecular complexity index is 698. The van der Waals surface area contributed by atoms with Gasteiger partial charge in [-0.2, -0.15) is 0 Å². The molecule has 1 aromatic heterocycles. The summed E-state index contributed by atoms with van der Waals surface area (Å²) in [5.41, 5.74) is 0.872. The van der Waals surface area contributed by atoms with Crippen LogP contribution in [0.2, 0.25) is 0 Å². The van der Waals surface area contributed by atoms with Crippen LogP contribution in [0.3, 0.4) is 0 Å². The van der Waals surface area contributed by atoms with Crippen molar-refractivity contribution in [1.82, 2.24) is 4.72 Å². The number of furan rings is 1. The van der Waals surface area contributed by atoms with E-state index in [4.69, 9.17) is 9.15 Å². The van der Waals surface area contributed by atoms with Gasteiger partial charge in [0.15, 0.2) is 0 Å². The van der Waals surface area contributed by atoms with Crippen LogP contribution >= 0.6 is 0 Å². The highest BCUT2D eigenvalue weighted by atomic mass is 32.2. The minimum Gasteiger partial charge on any atom is -0.495 e. The fourth-order valence-electron chi connectivity index (χ4n) is 1.99. The molecule has 0 saturated heterocycles. The third kappa shape index (κ3) is 3.83. The molecule has 0 fully saturated rings. The van der Waals surface area contributed by atoms with Gasteiger partial charge < -0.3 is 9.15 Å². The molecular formula is C14H16FNO4S. The van der Waals surface area contributed by atoms with Gasteiger partial charge in [0.2, 0.25) is 10.0 Å². The highest BCUT2D eigenvalue weighted by Gasteiger charge is 2.22. The van der Waals surface area contributed by atoms with Crippen molar-refractivity contribution < 1.29 is 22.0 Å². The maximum Gasteiger partial charge on any atom is 0.244 e. The van der Waals surface area contributed by atoms with Crippen molar-refractivity contribution >= 4 is 10.0 Å². The number of halogens is 1. The summed E-state index contributed by atoms with van der Waals surface area (Å²) >= 11 is 0. The lowest BCUT2D eigenvalue weighted by Crippen LogP contribution is -2.34. The predicted octanol–water partition coefficient (Wildman–Crippen LogP) is 2.34. The molecule has 1 atom stereocenters. The maximum absolute atomic E-state index is 13.3. The highest BCUT2D eigenvalue weighted by Crippen LogP contribution is 2.24. The zero-order valence-corrected chi connectivity index (χ0v) is 12.5. The van der Waals surface area contributed by atoms with E-state index in [9.17, 15) is 12.8 Å². The molecule has 2 rings (SSSR count). The van der Waals surface area contributed by atoms with E-state index in [0.717, 1.165) is 17.7 Å². The molecule has 114 valence electrons. The van der Waals surface area contributed by atoms with Crippen LogP contribution in [-0.2, 0) is 16.4 Å². The zero-order chi connectivity index (χ0) is 15.5. The molecule has 2 aromatic rings. The molecule has 0 saturated carbocycles. The Kier molecular flexibility index (Phi) is 4.64. The molecule has 0 amide bonds. The van der Waals surface area contributed by atoms with Crippen molar-refractivity contribution in [3.8, 4) is 5.75 Å². The van der Waals surface area contributed by atoms with Crippen LogP contribution < -0.4 is 9.46 Å². The van der Waals surface area contributed by atoms with E-state index < -0.39 is 15.8 Å². The molecule has 21 heavy (non-hydrogen) atoms. The van der Waals surface area contributed by atoms with Crippen molar-refractivity contribution in [3.63, 3.8) is 0 Å². The first-order valence-corrected chi connectivity index (χ1v) is 7.77. The van der Waals surface area contributed by atoms with Crippen LogP contribution in [0, 0.1) is 5.82 Å². The van der Waals surface area contributed by atoms with E-state index in [1.807, 2.05) is 0 Å². The standard InChI is InChI=1S/C14H16FNO4S/c1-10(7-11-5-6-20-9-11)16-21(17,18)14-8-12(15)3-4-13(14)19-2/h3-6,8-10,16H,7H2,1-2H3. The summed E-state index contributed by atoms with van der Waals surface area (Å²) in [7, 11) is -2.54. The van der Waals surface area contributed by atoms with Crippen molar-refractivity contribution in [3.05, 3.63) is 48.2 Å². The van der Waals surface area contributed by atoms with Gasteiger partial charge >= 0.3 is 0 Å². The number of benzene rings is 1. The molecular weight excluding hydrogens is 297 g/mol. The number of nitrogens with one attached hydrogen (secondary N) is 1. The van der Waals surface area contributed by atoms with Gasteiger partial charge in [0, 0.05) is 6.04 Å². The Labute approximate surface area is 122 Å². The summed E-state index contributed by atoms with van der Waals surface area (Å²) in [6, 6.07) is 4.75. The summed E-state index contributed by atoms with van der Waals surface area (Å²) in [6.45, 7) is 1.72. The molecule has 1 heterocycles. The van der Waals surface area contributed by atoms with E-state index in [0.29, 0.717) is 6.42 Å². The maximum atomic E-state index is 13.3. The number of rotatable bonds is 6. The number of ether oxygens (including phenoxy) is 1. The first-order chi connectivity index (χ1) is 9.92. The monoisotopic (exact) mass is 313 g/mol. The summed E-state index contributed by atoms with van der Waals surface area (Å²) in [5.74, 6) is -0.543. The first kappa shape index (κ1) is 15.5. The van der Waals surface area contributed by atoms with Crippen LogP contribution in [0.25, 0.3) is 0 Å². The largest absolute Gasteiger partial charge is 0.495 e. The average molecular weight is 313 g/mol. The SMILES string of the molecule is COc1ccc(F)cc1S(=O)(=O)NC(C)Cc1ccoc1. The van der Waals surface area contributed by atoms with E-state index >= 15 is 0 Å². The number of methoxy groups -OCH3 is 1. The Morgan fingerprint density at radius 1 is 1.38 bits per heavy atom. The van der Waals surface area contributed by atoms with Gasteiger partial charge in [0.05, 0.1) is 19.6 Å². The average Bonchev–Trinajstić information content (AvgIpc) is 2.90. The molecule has 1 N–H and O–H groups in total. The third-order valence-electron chi connectivity index (χ3n) is 2.89. The fraction of sp³-hybridized carbons (Fsp3) is 0.286. The molecule has 0 spiro atoms. The Morgan fingerprint density at radius 2 is 2.14 bits per heavy atom. The Morgan fingerprint density at radius 3 is 2.76 bits per heavy atom. The van der Waals surface area contributed by atoms with E-state index in [-0.39, 0.29) is 16.7 Å². The lowest BCUT2D eigenvalue weighted by atomic mass is 10.1. The molecule has 5 nitrogen and oxygen atoms in total. The third-order valence-corrected chi connectivity index (χ3v) is 4.50. The van der Waals surface area contributed by atoms with E-state index in [1.165, 1.54) is 19.4 Å². The van der Waals surface area contributed by atoms with Gasteiger partial charge in [0.1, 0.15) is 16.5 Å². The number of sulfonamides is 1. The first-order valence-electron chi connectivity index (χ1n) is 6.29. The number of hydrogen-bond donors (Lipinski definition) is 1. The molecule has 0 bridgehead atoms. The van der Waals surface area contributed by atoms with Crippen LogP contribution in [-0.4, -0.2) is 21.6 Å². The minimum absolute atomic E-state index is 0.0967. The summed E-state index contributed by atoms with van der Waals surface area (Å²) in [4.78, 5) is -0.218. The predicted molar refractivity (Wildman–Crippen MR) is 75.1 cm³/mol. The van der Waals surface area contributed by atoms with Gasteiger partial charge in [-0.15, -0.1) is 0 Å². The molecule has 1 aromatic carbocycles. The second-order valence-corrected chi connectivity index (χ2v) is 6.34. The molecule has 0 aliphatic carbocycles. The highest BCUT2D eigenvalue weighted by molar-refractivity contribution is 7.89. The smallest absolute Gasteiger partial charge is 0.244 e. The van der Waals surface area contributed by atoms with Crippen molar-refractivity contribution in [2.75, 3.05) is 7.11 Å². The molecule has 1 unspecified atom stereocenters. The molecule has 0 aliphatic heterocycles. The quantitative estimate of drug-likeness (QED) is 0.889. The fourth-order valence-corrected chi connectivity index (χ4v) is 3.42. The zero-order valence-electron chi connectivity index (χ0n) is 11.7. The number of hydrogen-bond acceptors (Lipinski definition) is 4. The second-order valence-electron chi connectivity index (χ2n) is 4.65. The van der Waals surface area contributed by atoms with Crippen LogP contribution in [0.1, 0.15) is 12.5 Å². The summed E-state index contributed by atoms with van der Waals surface area (Å²) in [6.07, 6.45) is 3.53. The molecule has 0 radical (unpaired) electrons. The van der Waals surface area contributed by atoms with Crippen LogP contribution in [0.4, 0.5) is 4.39 Å². The van der Waals surface area contributed by atoms with Crippen molar-refractivity contribution in [2.24, 2.45) is 0 Å². The van der Waals surface area contributed by atoms with Gasteiger partial charge in [0.25, 0.3) is 0 Å². The van der Waals surface area contributed by atoms with Crippen molar-refractivity contribution in [1.29, 1.82) is 0 Å². The summed E-state index contributed by atoms with van der Waals surface area (Å²) < 4.78 is 50.3. The van der Waals surface area contributed by atoms with E-state index in [2.05, 4.69) is 4.72 Å². The topological polar surface area (TPSA) is 68.5 Å². The van der Waals surface area contributed by atoms with Gasteiger partial charge in [-0.25, -0.2) is 17.5 Å². The lowest BCUT2D eigenvalue weighted by Gasteiger charge is -2.15. The van der Waals surface area contributed by atoms with Crippen LogP contribution in [0.5, 0.6) is 5.75 Å².